The Kier molecular flexibility index (Phi) is 6.62. The SMILES string of the molecule is C[C@@H]1Cc2c([nH]c3ccccc23)[C@@H](c2cnc(N3CCC(CCC=O)CC3)nc2)N1CC(C)(C)F. The number of carbonyl (C=O) groups is 1. The average molecular weight is 478 g/mol. The van der Waals surface area contributed by atoms with Crippen LogP contribution in [0.15, 0.2) is 36.7 Å². The molecule has 0 bridgehead atoms. The Morgan fingerprint density at radius 3 is 2.57 bits per heavy atom. The van der Waals surface area contributed by atoms with Gasteiger partial charge in [-0.1, -0.05) is 18.2 Å². The number of nitrogens with zero attached hydrogens (tertiary/aromatic N) is 4. The highest BCUT2D eigenvalue weighted by Crippen LogP contribution is 2.41. The third-order valence-electron chi connectivity index (χ3n) is 7.64. The van der Waals surface area contributed by atoms with Gasteiger partial charge in [0.15, 0.2) is 0 Å². The zero-order valence-corrected chi connectivity index (χ0v) is 21.0. The van der Waals surface area contributed by atoms with Gasteiger partial charge in [-0.05, 0) is 64.0 Å². The normalized spacial score (nSPS) is 21.9. The summed E-state index contributed by atoms with van der Waals surface area (Å²) in [4.78, 5) is 28.4. The van der Waals surface area contributed by atoms with Crippen molar-refractivity contribution >= 4 is 23.1 Å². The van der Waals surface area contributed by atoms with E-state index < -0.39 is 5.67 Å². The van der Waals surface area contributed by atoms with Crippen molar-refractivity contribution in [2.24, 2.45) is 5.92 Å². The van der Waals surface area contributed by atoms with E-state index in [0.29, 0.717) is 18.9 Å². The molecule has 6 nitrogen and oxygen atoms in total. The molecule has 0 amide bonds. The van der Waals surface area contributed by atoms with Gasteiger partial charge < -0.3 is 14.7 Å². The van der Waals surface area contributed by atoms with E-state index in [-0.39, 0.29) is 12.1 Å². The number of hydrogen-bond donors (Lipinski definition) is 1. The Morgan fingerprint density at radius 1 is 1.17 bits per heavy atom. The Hall–Kier alpha value is -2.80. The number of halogens is 1. The van der Waals surface area contributed by atoms with E-state index in [4.69, 9.17) is 9.97 Å². The number of fused-ring (bicyclic) bond motifs is 3. The first-order chi connectivity index (χ1) is 16.8. The van der Waals surface area contributed by atoms with E-state index in [9.17, 15) is 9.18 Å². The van der Waals surface area contributed by atoms with Gasteiger partial charge in [0.25, 0.3) is 0 Å². The Labute approximate surface area is 206 Å². The van der Waals surface area contributed by atoms with Gasteiger partial charge in [-0.25, -0.2) is 14.4 Å². The van der Waals surface area contributed by atoms with Crippen LogP contribution < -0.4 is 4.90 Å². The Balaban J connectivity index is 1.44. The number of anilines is 1. The summed E-state index contributed by atoms with van der Waals surface area (Å²) in [5, 5.41) is 1.24. The highest BCUT2D eigenvalue weighted by atomic mass is 19.1. The molecule has 3 aromatic rings. The molecule has 5 rings (SSSR count). The van der Waals surface area contributed by atoms with Crippen LogP contribution in [-0.2, 0) is 11.2 Å². The standard InChI is InChI=1S/C28H36FN5O/c1-19-15-23-22-8-4-5-9-24(22)32-25(23)26(34(19)18-28(2,3)29)21-16-30-27(31-17-21)33-12-10-20(11-13-33)7-6-14-35/h4-5,8-9,14,16-17,19-20,26,32H,6-7,10-13,15,18H2,1-3H3/t19-,26-/m1/s1. The fraction of sp³-hybridized carbons (Fsp3) is 0.536. The first-order valence-electron chi connectivity index (χ1n) is 12.9. The van der Waals surface area contributed by atoms with E-state index in [1.807, 2.05) is 18.5 Å². The third kappa shape index (κ3) is 4.96. The fourth-order valence-electron chi connectivity index (χ4n) is 5.91. The van der Waals surface area contributed by atoms with Crippen molar-refractivity contribution in [3.63, 3.8) is 0 Å². The van der Waals surface area contributed by atoms with Crippen molar-refractivity contribution in [1.29, 1.82) is 0 Å². The number of carbonyl (C=O) groups excluding carboxylic acids is 1. The van der Waals surface area contributed by atoms with Crippen LogP contribution in [-0.4, -0.2) is 57.5 Å². The van der Waals surface area contributed by atoms with Crippen LogP contribution in [0.1, 0.15) is 69.3 Å². The molecule has 0 saturated carbocycles. The number of nitrogens with one attached hydrogen (secondary N) is 1. The van der Waals surface area contributed by atoms with Crippen LogP contribution in [0.5, 0.6) is 0 Å². The highest BCUT2D eigenvalue weighted by molar-refractivity contribution is 5.85. The van der Waals surface area contributed by atoms with E-state index >= 15 is 0 Å². The number of H-pyrrole nitrogens is 1. The summed E-state index contributed by atoms with van der Waals surface area (Å²) in [5.41, 5.74) is 3.23. The number of aromatic nitrogens is 3. The first-order valence-corrected chi connectivity index (χ1v) is 12.9. The molecule has 2 aromatic heterocycles. The molecule has 7 heteroatoms. The van der Waals surface area contributed by atoms with Crippen molar-refractivity contribution in [1.82, 2.24) is 19.9 Å². The molecule has 2 aliphatic heterocycles. The van der Waals surface area contributed by atoms with Gasteiger partial charge in [-0.15, -0.1) is 0 Å². The average Bonchev–Trinajstić information content (AvgIpc) is 3.21. The zero-order valence-electron chi connectivity index (χ0n) is 21.0. The van der Waals surface area contributed by atoms with Crippen molar-refractivity contribution < 1.29 is 9.18 Å². The van der Waals surface area contributed by atoms with Crippen LogP contribution in [0.4, 0.5) is 10.3 Å². The minimum Gasteiger partial charge on any atom is -0.357 e. The van der Waals surface area contributed by atoms with Gasteiger partial charge in [-0.2, -0.15) is 0 Å². The summed E-state index contributed by atoms with van der Waals surface area (Å²) in [6, 6.07) is 8.46. The highest BCUT2D eigenvalue weighted by Gasteiger charge is 2.38. The number of benzene rings is 1. The number of aldehydes is 1. The fourth-order valence-corrected chi connectivity index (χ4v) is 5.91. The van der Waals surface area contributed by atoms with E-state index in [1.54, 1.807) is 13.8 Å². The number of aromatic amines is 1. The molecule has 4 heterocycles. The quantitative estimate of drug-likeness (QED) is 0.472. The van der Waals surface area contributed by atoms with Crippen LogP contribution in [0.25, 0.3) is 10.9 Å². The summed E-state index contributed by atoms with van der Waals surface area (Å²) in [6.45, 7) is 7.65. The van der Waals surface area contributed by atoms with Crippen molar-refractivity contribution in [2.75, 3.05) is 24.5 Å². The van der Waals surface area contributed by atoms with Crippen LogP contribution in [0.2, 0.25) is 0 Å². The summed E-state index contributed by atoms with van der Waals surface area (Å²) < 4.78 is 14.9. The molecular formula is C28H36FN5O. The smallest absolute Gasteiger partial charge is 0.225 e. The van der Waals surface area contributed by atoms with Crippen molar-refractivity contribution in [3.8, 4) is 0 Å². The maximum atomic E-state index is 14.9. The van der Waals surface area contributed by atoms with Crippen molar-refractivity contribution in [2.45, 2.75) is 70.6 Å². The summed E-state index contributed by atoms with van der Waals surface area (Å²) in [5.74, 6) is 1.36. The molecule has 1 saturated heterocycles. The van der Waals surface area contributed by atoms with Gasteiger partial charge in [-0.3, -0.25) is 4.90 Å². The molecular weight excluding hydrogens is 441 g/mol. The molecule has 0 aliphatic carbocycles. The van der Waals surface area contributed by atoms with Gasteiger partial charge >= 0.3 is 0 Å². The summed E-state index contributed by atoms with van der Waals surface area (Å²) in [7, 11) is 0. The molecule has 1 N–H and O–H groups in total. The predicted octanol–water partition coefficient (Wildman–Crippen LogP) is 5.24. The lowest BCUT2D eigenvalue weighted by atomic mass is 9.88. The second-order valence-corrected chi connectivity index (χ2v) is 10.9. The largest absolute Gasteiger partial charge is 0.357 e. The maximum absolute atomic E-state index is 14.9. The maximum Gasteiger partial charge on any atom is 0.225 e. The summed E-state index contributed by atoms with van der Waals surface area (Å²) in [6.07, 6.45) is 9.51. The lowest BCUT2D eigenvalue weighted by Crippen LogP contribution is -2.47. The van der Waals surface area contributed by atoms with Gasteiger partial charge in [0.2, 0.25) is 5.95 Å². The minimum absolute atomic E-state index is 0.126. The van der Waals surface area contributed by atoms with E-state index in [0.717, 1.165) is 67.8 Å². The number of piperidine rings is 1. The molecule has 2 aliphatic rings. The lowest BCUT2D eigenvalue weighted by Gasteiger charge is -2.42. The van der Waals surface area contributed by atoms with Gasteiger partial charge in [0.1, 0.15) is 12.0 Å². The molecule has 2 atom stereocenters. The molecule has 0 spiro atoms. The number of alkyl halides is 1. The zero-order chi connectivity index (χ0) is 24.6. The first kappa shape index (κ1) is 23.9. The lowest BCUT2D eigenvalue weighted by molar-refractivity contribution is -0.108. The topological polar surface area (TPSA) is 65.1 Å². The van der Waals surface area contributed by atoms with Crippen LogP contribution in [0, 0.1) is 5.92 Å². The van der Waals surface area contributed by atoms with Gasteiger partial charge in [0, 0.05) is 66.7 Å². The van der Waals surface area contributed by atoms with E-state index in [1.165, 1.54) is 10.9 Å². The molecule has 1 fully saturated rings. The minimum atomic E-state index is -1.31. The molecule has 0 unspecified atom stereocenters. The number of rotatable bonds is 7. The monoisotopic (exact) mass is 477 g/mol. The van der Waals surface area contributed by atoms with Gasteiger partial charge in [0.05, 0.1) is 6.04 Å². The molecule has 0 radical (unpaired) electrons. The number of para-hydroxylation sites is 1. The second kappa shape index (κ2) is 9.69. The van der Waals surface area contributed by atoms with Crippen LogP contribution in [0.3, 0.4) is 0 Å². The Bertz CT molecular complexity index is 1160. The third-order valence-corrected chi connectivity index (χ3v) is 7.64. The van der Waals surface area contributed by atoms with Crippen LogP contribution >= 0.6 is 0 Å². The molecule has 186 valence electrons. The molecule has 35 heavy (non-hydrogen) atoms. The van der Waals surface area contributed by atoms with E-state index in [2.05, 4.69) is 39.9 Å². The summed E-state index contributed by atoms with van der Waals surface area (Å²) >= 11 is 0. The molecule has 1 aromatic carbocycles. The van der Waals surface area contributed by atoms with Crippen molar-refractivity contribution in [3.05, 3.63) is 53.5 Å². The second-order valence-electron chi connectivity index (χ2n) is 10.9. The predicted molar refractivity (Wildman–Crippen MR) is 137 cm³/mol. The number of hydrogen-bond acceptors (Lipinski definition) is 5. The Morgan fingerprint density at radius 2 is 1.89 bits per heavy atom.